The Balaban J connectivity index is 3.83. The average molecular weight is 792 g/mol. The minimum atomic E-state index is -4.74. The molecule has 3 atom stereocenters. The van der Waals surface area contributed by atoms with Gasteiger partial charge in [0.2, 0.25) is 5.91 Å². The Labute approximate surface area is 329 Å². The molecule has 0 saturated carbocycles. The number of ether oxygens (including phenoxy) is 1. The summed E-state index contributed by atoms with van der Waals surface area (Å²) >= 11 is 0. The van der Waals surface area contributed by atoms with Crippen molar-refractivity contribution in [3.8, 4) is 0 Å². The van der Waals surface area contributed by atoms with Crippen molar-refractivity contribution in [2.24, 2.45) is 0 Å². The third-order valence-electron chi connectivity index (χ3n) is 9.90. The van der Waals surface area contributed by atoms with Crippen LogP contribution in [0.2, 0.25) is 0 Å². The number of amides is 1. The molecule has 12 heteroatoms. The molecule has 54 heavy (non-hydrogen) atoms. The van der Waals surface area contributed by atoms with Gasteiger partial charge >= 0.3 is 19.8 Å². The molecular weight excluding hydrogens is 709 g/mol. The van der Waals surface area contributed by atoms with E-state index in [4.69, 9.17) is 13.8 Å². The van der Waals surface area contributed by atoms with Crippen LogP contribution in [0.5, 0.6) is 0 Å². The first-order chi connectivity index (χ1) is 26.1. The van der Waals surface area contributed by atoms with Gasteiger partial charge < -0.3 is 25.2 Å². The Hall–Kier alpha value is -1.52. The van der Waals surface area contributed by atoms with Crippen molar-refractivity contribution < 1.29 is 47.8 Å². The highest BCUT2D eigenvalue weighted by Gasteiger charge is 2.28. The highest BCUT2D eigenvalue weighted by Crippen LogP contribution is 2.43. The van der Waals surface area contributed by atoms with Crippen molar-refractivity contribution in [2.45, 2.75) is 231 Å². The summed E-state index contributed by atoms with van der Waals surface area (Å²) in [5.41, 5.74) is 0. The van der Waals surface area contributed by atoms with Crippen LogP contribution >= 0.6 is 7.82 Å². The van der Waals surface area contributed by atoms with Gasteiger partial charge in [0.1, 0.15) is 12.7 Å². The summed E-state index contributed by atoms with van der Waals surface area (Å²) in [4.78, 5) is 45.8. The zero-order valence-corrected chi connectivity index (χ0v) is 35.4. The first-order valence-electron chi connectivity index (χ1n) is 22.1. The number of aliphatic hydroxyl groups is 1. The number of hydrogen-bond acceptors (Lipinski definition) is 8. The number of carboxylic acid groups (broad SMARTS) is 1. The molecule has 0 radical (unpaired) electrons. The normalized spacial score (nSPS) is 13.7. The summed E-state index contributed by atoms with van der Waals surface area (Å²) in [6.45, 7) is 2.61. The number of nitrogens with one attached hydrogen (secondary N) is 1. The number of esters is 1. The Morgan fingerprint density at radius 1 is 0.519 bits per heavy atom. The highest BCUT2D eigenvalue weighted by atomic mass is 31.2. The molecule has 0 bridgehead atoms. The molecule has 1 amide bonds. The fraction of sp³-hybridized carbons (Fsp3) is 0.929. The van der Waals surface area contributed by atoms with Crippen LogP contribution in [-0.2, 0) is 32.7 Å². The number of rotatable bonds is 42. The third-order valence-corrected chi connectivity index (χ3v) is 10.8. The topological polar surface area (TPSA) is 169 Å². The molecule has 320 valence electrons. The van der Waals surface area contributed by atoms with E-state index in [1.165, 1.54) is 141 Å². The average Bonchev–Trinajstić information content (AvgIpc) is 3.14. The molecule has 0 aliphatic rings. The zero-order valence-electron chi connectivity index (χ0n) is 34.6. The minimum Gasteiger partial charge on any atom is -0.480 e. The summed E-state index contributed by atoms with van der Waals surface area (Å²) in [5.74, 6) is -2.36. The summed E-state index contributed by atoms with van der Waals surface area (Å²) < 4.78 is 26.8. The quantitative estimate of drug-likeness (QED) is 0.0265. The van der Waals surface area contributed by atoms with E-state index < -0.39 is 57.6 Å². The molecule has 11 nitrogen and oxygen atoms in total. The lowest BCUT2D eigenvalue weighted by Gasteiger charge is -2.18. The van der Waals surface area contributed by atoms with Gasteiger partial charge in [0, 0.05) is 12.8 Å². The molecule has 0 aromatic heterocycles. The van der Waals surface area contributed by atoms with E-state index in [2.05, 4.69) is 19.2 Å². The van der Waals surface area contributed by atoms with Gasteiger partial charge in [-0.1, -0.05) is 194 Å². The number of aliphatic carboxylic acids is 1. The Bertz CT molecular complexity index is 937. The van der Waals surface area contributed by atoms with Crippen molar-refractivity contribution in [1.29, 1.82) is 0 Å². The van der Waals surface area contributed by atoms with Crippen molar-refractivity contribution in [2.75, 3.05) is 19.8 Å². The van der Waals surface area contributed by atoms with E-state index in [-0.39, 0.29) is 12.8 Å². The first kappa shape index (κ1) is 52.5. The predicted octanol–water partition coefficient (Wildman–Crippen LogP) is 11.1. The summed E-state index contributed by atoms with van der Waals surface area (Å²) in [6, 6.07) is -1.54. The maximum absolute atomic E-state index is 12.3. The van der Waals surface area contributed by atoms with Crippen LogP contribution in [0, 0.1) is 0 Å². The maximum atomic E-state index is 12.3. The van der Waals surface area contributed by atoms with Gasteiger partial charge in [0.05, 0.1) is 13.2 Å². The number of carboxylic acids is 1. The van der Waals surface area contributed by atoms with E-state index in [0.29, 0.717) is 12.8 Å². The SMILES string of the molecule is CCCCCCCCCCCCCCCCCCCCC(=O)OCC(O)COP(=O)(O)OCC(NC(=O)CCCCCCCCCCCCCC)C(=O)O. The lowest BCUT2D eigenvalue weighted by Crippen LogP contribution is -2.43. The molecule has 4 N–H and O–H groups in total. The van der Waals surface area contributed by atoms with Crippen molar-refractivity contribution in [3.05, 3.63) is 0 Å². The van der Waals surface area contributed by atoms with Crippen LogP contribution in [0.25, 0.3) is 0 Å². The molecule has 0 spiro atoms. The Morgan fingerprint density at radius 2 is 0.852 bits per heavy atom. The van der Waals surface area contributed by atoms with E-state index in [0.717, 1.165) is 38.5 Å². The highest BCUT2D eigenvalue weighted by molar-refractivity contribution is 7.47. The predicted molar refractivity (Wildman–Crippen MR) is 217 cm³/mol. The van der Waals surface area contributed by atoms with Crippen LogP contribution in [0.3, 0.4) is 0 Å². The maximum Gasteiger partial charge on any atom is 0.472 e. The van der Waals surface area contributed by atoms with Crippen LogP contribution in [0.1, 0.15) is 219 Å². The molecule has 0 rings (SSSR count). The molecule has 3 unspecified atom stereocenters. The van der Waals surface area contributed by atoms with Gasteiger partial charge in [-0.3, -0.25) is 18.6 Å². The van der Waals surface area contributed by atoms with E-state index in [1.807, 2.05) is 0 Å². The molecule has 0 fully saturated rings. The van der Waals surface area contributed by atoms with E-state index in [9.17, 15) is 34.1 Å². The summed E-state index contributed by atoms with van der Waals surface area (Å²) in [7, 11) is -4.74. The van der Waals surface area contributed by atoms with Crippen LogP contribution in [0.4, 0.5) is 0 Å². The number of aliphatic hydroxyl groups excluding tert-OH is 1. The molecule has 0 saturated heterocycles. The number of carbonyl (C=O) groups is 3. The van der Waals surface area contributed by atoms with Crippen molar-refractivity contribution >= 4 is 25.7 Å². The van der Waals surface area contributed by atoms with E-state index >= 15 is 0 Å². The fourth-order valence-electron chi connectivity index (χ4n) is 6.43. The lowest BCUT2D eigenvalue weighted by molar-refractivity contribution is -0.147. The molecule has 0 aliphatic heterocycles. The number of unbranched alkanes of at least 4 members (excludes halogenated alkanes) is 28. The molecule has 0 aromatic carbocycles. The third kappa shape index (κ3) is 37.4. The second-order valence-corrected chi connectivity index (χ2v) is 16.7. The molecule has 0 heterocycles. The molecule has 0 aromatic rings. The minimum absolute atomic E-state index is 0.152. The number of carbonyl (C=O) groups excluding carboxylic acids is 2. The standard InChI is InChI=1S/C42H82NO10P/c1-3-5-7-9-11-13-15-17-18-19-20-21-22-24-26-28-30-32-34-41(46)51-35-38(44)36-52-54(49,50)53-37-39(42(47)48)43-40(45)33-31-29-27-25-23-16-14-12-10-8-6-4-2/h38-39,44H,3-37H2,1-2H3,(H,43,45)(H,47,48)(H,49,50). The second kappa shape index (κ2) is 38.4. The number of hydrogen-bond donors (Lipinski definition) is 4. The lowest BCUT2D eigenvalue weighted by atomic mass is 10.0. The van der Waals surface area contributed by atoms with Crippen LogP contribution in [0.15, 0.2) is 0 Å². The van der Waals surface area contributed by atoms with Gasteiger partial charge in [-0.05, 0) is 12.8 Å². The molecular formula is C42H82NO10P. The van der Waals surface area contributed by atoms with Gasteiger partial charge in [-0.25, -0.2) is 9.36 Å². The zero-order chi connectivity index (χ0) is 40.0. The summed E-state index contributed by atoms with van der Waals surface area (Å²) in [6.07, 6.45) is 35.6. The van der Waals surface area contributed by atoms with Crippen molar-refractivity contribution in [3.63, 3.8) is 0 Å². The Kier molecular flexibility index (Phi) is 37.3. The first-order valence-corrected chi connectivity index (χ1v) is 23.6. The monoisotopic (exact) mass is 792 g/mol. The number of phosphoric ester groups is 1. The van der Waals surface area contributed by atoms with Crippen LogP contribution < -0.4 is 5.32 Å². The number of phosphoric acid groups is 1. The van der Waals surface area contributed by atoms with Gasteiger partial charge in [0.25, 0.3) is 0 Å². The van der Waals surface area contributed by atoms with Gasteiger partial charge in [-0.15, -0.1) is 0 Å². The van der Waals surface area contributed by atoms with Crippen molar-refractivity contribution in [1.82, 2.24) is 5.32 Å². The van der Waals surface area contributed by atoms with E-state index in [1.54, 1.807) is 0 Å². The second-order valence-electron chi connectivity index (χ2n) is 15.3. The molecule has 0 aliphatic carbocycles. The Morgan fingerprint density at radius 3 is 1.22 bits per heavy atom. The largest absolute Gasteiger partial charge is 0.480 e. The van der Waals surface area contributed by atoms with Gasteiger partial charge in [0.15, 0.2) is 6.04 Å². The van der Waals surface area contributed by atoms with Crippen LogP contribution in [-0.4, -0.2) is 64.9 Å². The smallest absolute Gasteiger partial charge is 0.472 e. The summed E-state index contributed by atoms with van der Waals surface area (Å²) in [5, 5.41) is 21.8. The van der Waals surface area contributed by atoms with Gasteiger partial charge in [-0.2, -0.15) is 0 Å². The fourth-order valence-corrected chi connectivity index (χ4v) is 7.21.